The van der Waals surface area contributed by atoms with Crippen LogP contribution in [0.1, 0.15) is 73.1 Å². The summed E-state index contributed by atoms with van der Waals surface area (Å²) in [6, 6.07) is 2.29. The fraction of sp³-hybridized carbons (Fsp3) is 1.00. The highest BCUT2D eigenvalue weighted by Crippen LogP contribution is 2.41. The van der Waals surface area contributed by atoms with E-state index in [1.54, 1.807) is 0 Å². The first-order valence-electron chi connectivity index (χ1n) is 8.96. The monoisotopic (exact) mass is 280 g/mol. The van der Waals surface area contributed by atoms with Gasteiger partial charge in [-0.25, -0.2) is 0 Å². The van der Waals surface area contributed by atoms with Crippen LogP contribution in [0.3, 0.4) is 0 Å². The Bertz CT molecular complexity index is 294. The fourth-order valence-electron chi connectivity index (χ4n) is 4.46. The molecule has 2 fully saturated rings. The molecule has 0 radical (unpaired) electrons. The van der Waals surface area contributed by atoms with Crippen LogP contribution >= 0.6 is 0 Å². The van der Waals surface area contributed by atoms with Gasteiger partial charge in [0.05, 0.1) is 0 Å². The standard InChI is InChI=1S/C18H36N2/c1-6-14-13-20(15(7-2)12-19-14)17-11-9-8-10-16(17)18(3,4)5/h14-17,19H,6-13H2,1-5H3. The predicted octanol–water partition coefficient (Wildman–Crippen LogP) is 4.05. The van der Waals surface area contributed by atoms with Crippen molar-refractivity contribution in [1.82, 2.24) is 10.2 Å². The zero-order valence-corrected chi connectivity index (χ0v) is 14.4. The lowest BCUT2D eigenvalue weighted by molar-refractivity contribution is -0.00761. The molecule has 0 amide bonds. The van der Waals surface area contributed by atoms with E-state index in [1.807, 2.05) is 0 Å². The zero-order chi connectivity index (χ0) is 14.8. The van der Waals surface area contributed by atoms with Gasteiger partial charge in [0.2, 0.25) is 0 Å². The number of nitrogens with zero attached hydrogens (tertiary/aromatic N) is 1. The molecule has 0 aromatic rings. The largest absolute Gasteiger partial charge is 0.311 e. The zero-order valence-electron chi connectivity index (χ0n) is 14.4. The van der Waals surface area contributed by atoms with Crippen LogP contribution in [0.5, 0.6) is 0 Å². The molecule has 1 saturated carbocycles. The quantitative estimate of drug-likeness (QED) is 0.839. The summed E-state index contributed by atoms with van der Waals surface area (Å²) in [4.78, 5) is 2.90. The molecule has 2 rings (SSSR count). The molecule has 1 heterocycles. The Balaban J connectivity index is 2.15. The van der Waals surface area contributed by atoms with Gasteiger partial charge in [0.25, 0.3) is 0 Å². The van der Waals surface area contributed by atoms with Gasteiger partial charge in [-0.05, 0) is 37.0 Å². The summed E-state index contributed by atoms with van der Waals surface area (Å²) in [7, 11) is 0. The number of hydrogen-bond acceptors (Lipinski definition) is 2. The molecule has 4 atom stereocenters. The third-order valence-electron chi connectivity index (χ3n) is 5.77. The van der Waals surface area contributed by atoms with Gasteiger partial charge in [-0.1, -0.05) is 47.5 Å². The first-order chi connectivity index (χ1) is 9.47. The molecule has 2 nitrogen and oxygen atoms in total. The third kappa shape index (κ3) is 3.57. The maximum absolute atomic E-state index is 3.75. The van der Waals surface area contributed by atoms with Crippen LogP contribution in [0.4, 0.5) is 0 Å². The predicted molar refractivity (Wildman–Crippen MR) is 88.1 cm³/mol. The Hall–Kier alpha value is -0.0800. The van der Waals surface area contributed by atoms with E-state index >= 15 is 0 Å². The molecule has 2 aliphatic rings. The van der Waals surface area contributed by atoms with Gasteiger partial charge in [-0.2, -0.15) is 0 Å². The van der Waals surface area contributed by atoms with Crippen LogP contribution in [0.25, 0.3) is 0 Å². The molecule has 1 N–H and O–H groups in total. The molecule has 1 saturated heterocycles. The summed E-state index contributed by atoms with van der Waals surface area (Å²) < 4.78 is 0. The number of hydrogen-bond donors (Lipinski definition) is 1. The normalized spacial score (nSPS) is 37.0. The molecular weight excluding hydrogens is 244 g/mol. The summed E-state index contributed by atoms with van der Waals surface area (Å²) >= 11 is 0. The summed E-state index contributed by atoms with van der Waals surface area (Å²) in [6.45, 7) is 14.5. The second kappa shape index (κ2) is 6.79. The SMILES string of the molecule is CCC1CN(C2CCCCC2C(C)(C)C)C(CC)CN1. The lowest BCUT2D eigenvalue weighted by atomic mass is 9.68. The summed E-state index contributed by atoms with van der Waals surface area (Å²) in [5, 5.41) is 3.75. The molecule has 118 valence electrons. The van der Waals surface area contributed by atoms with Crippen molar-refractivity contribution in [2.45, 2.75) is 91.3 Å². The molecule has 4 unspecified atom stereocenters. The van der Waals surface area contributed by atoms with E-state index in [9.17, 15) is 0 Å². The van der Waals surface area contributed by atoms with E-state index in [1.165, 1.54) is 51.6 Å². The third-order valence-corrected chi connectivity index (χ3v) is 5.77. The van der Waals surface area contributed by atoms with Crippen LogP contribution in [-0.2, 0) is 0 Å². The van der Waals surface area contributed by atoms with Crippen LogP contribution in [0.15, 0.2) is 0 Å². The van der Waals surface area contributed by atoms with Gasteiger partial charge in [-0.15, -0.1) is 0 Å². The average Bonchev–Trinajstić information content (AvgIpc) is 2.45. The van der Waals surface area contributed by atoms with E-state index in [-0.39, 0.29) is 0 Å². The van der Waals surface area contributed by atoms with Crippen molar-refractivity contribution >= 4 is 0 Å². The molecule has 0 aromatic heterocycles. The number of rotatable bonds is 3. The van der Waals surface area contributed by atoms with E-state index in [0.717, 1.165) is 18.0 Å². The highest BCUT2D eigenvalue weighted by Gasteiger charge is 2.40. The Morgan fingerprint density at radius 1 is 1.05 bits per heavy atom. The Morgan fingerprint density at radius 2 is 1.75 bits per heavy atom. The van der Waals surface area contributed by atoms with Gasteiger partial charge >= 0.3 is 0 Å². The second-order valence-corrected chi connectivity index (χ2v) is 8.10. The van der Waals surface area contributed by atoms with Crippen molar-refractivity contribution in [2.24, 2.45) is 11.3 Å². The Morgan fingerprint density at radius 3 is 2.35 bits per heavy atom. The molecule has 2 heteroatoms. The van der Waals surface area contributed by atoms with Crippen LogP contribution in [0, 0.1) is 11.3 Å². The first kappa shape index (κ1) is 16.3. The number of piperazine rings is 1. The van der Waals surface area contributed by atoms with Gasteiger partial charge < -0.3 is 5.32 Å². The number of nitrogens with one attached hydrogen (secondary N) is 1. The average molecular weight is 280 g/mol. The van der Waals surface area contributed by atoms with E-state index in [2.05, 4.69) is 44.8 Å². The minimum Gasteiger partial charge on any atom is -0.311 e. The van der Waals surface area contributed by atoms with Crippen molar-refractivity contribution < 1.29 is 0 Å². The highest BCUT2D eigenvalue weighted by molar-refractivity contribution is 4.95. The Labute approximate surface area is 126 Å². The van der Waals surface area contributed by atoms with Crippen molar-refractivity contribution in [3.8, 4) is 0 Å². The summed E-state index contributed by atoms with van der Waals surface area (Å²) in [5.41, 5.74) is 0.454. The van der Waals surface area contributed by atoms with Crippen LogP contribution in [-0.4, -0.2) is 36.1 Å². The maximum Gasteiger partial charge on any atom is 0.0221 e. The summed E-state index contributed by atoms with van der Waals surface area (Å²) in [6.07, 6.45) is 8.30. The van der Waals surface area contributed by atoms with Gasteiger partial charge in [0.1, 0.15) is 0 Å². The lowest BCUT2D eigenvalue weighted by Gasteiger charge is -2.51. The topological polar surface area (TPSA) is 15.3 Å². The summed E-state index contributed by atoms with van der Waals surface area (Å²) in [5.74, 6) is 0.876. The van der Waals surface area contributed by atoms with Crippen LogP contribution in [0.2, 0.25) is 0 Å². The van der Waals surface area contributed by atoms with Gasteiger partial charge in [-0.3, -0.25) is 4.90 Å². The van der Waals surface area contributed by atoms with Gasteiger partial charge in [0.15, 0.2) is 0 Å². The minimum absolute atomic E-state index is 0.454. The maximum atomic E-state index is 3.75. The molecular formula is C18H36N2. The highest BCUT2D eigenvalue weighted by atomic mass is 15.3. The minimum atomic E-state index is 0.454. The second-order valence-electron chi connectivity index (χ2n) is 8.10. The molecule has 0 aromatic carbocycles. The first-order valence-corrected chi connectivity index (χ1v) is 8.96. The lowest BCUT2D eigenvalue weighted by Crippen LogP contribution is -2.61. The van der Waals surface area contributed by atoms with E-state index in [0.29, 0.717) is 11.5 Å². The van der Waals surface area contributed by atoms with E-state index in [4.69, 9.17) is 0 Å². The molecule has 20 heavy (non-hydrogen) atoms. The van der Waals surface area contributed by atoms with Crippen molar-refractivity contribution in [3.05, 3.63) is 0 Å². The van der Waals surface area contributed by atoms with Crippen molar-refractivity contribution in [2.75, 3.05) is 13.1 Å². The van der Waals surface area contributed by atoms with E-state index < -0.39 is 0 Å². The van der Waals surface area contributed by atoms with Crippen molar-refractivity contribution in [3.63, 3.8) is 0 Å². The van der Waals surface area contributed by atoms with Crippen LogP contribution < -0.4 is 5.32 Å². The molecule has 1 aliphatic heterocycles. The van der Waals surface area contributed by atoms with Crippen molar-refractivity contribution in [1.29, 1.82) is 0 Å². The molecule has 0 bridgehead atoms. The smallest absolute Gasteiger partial charge is 0.0221 e. The van der Waals surface area contributed by atoms with Gasteiger partial charge in [0, 0.05) is 31.2 Å². The molecule has 1 aliphatic carbocycles. The Kier molecular flexibility index (Phi) is 5.53. The molecule has 0 spiro atoms. The fourth-order valence-corrected chi connectivity index (χ4v) is 4.46.